The van der Waals surface area contributed by atoms with Crippen molar-refractivity contribution in [3.63, 3.8) is 0 Å². The highest BCUT2D eigenvalue weighted by Gasteiger charge is 2.49. The van der Waals surface area contributed by atoms with Gasteiger partial charge < -0.3 is 9.47 Å². The van der Waals surface area contributed by atoms with E-state index >= 15 is 0 Å². The lowest BCUT2D eigenvalue weighted by molar-refractivity contribution is 0.167. The van der Waals surface area contributed by atoms with E-state index in [1.807, 2.05) is 18.2 Å². The van der Waals surface area contributed by atoms with E-state index in [-0.39, 0.29) is 23.0 Å². The summed E-state index contributed by atoms with van der Waals surface area (Å²) < 4.78 is 30.3. The second-order valence-electron chi connectivity index (χ2n) is 7.86. The molecule has 1 aromatic carbocycles. The molecule has 4 rings (SSSR count). The van der Waals surface area contributed by atoms with Crippen molar-refractivity contribution in [1.82, 2.24) is 18.8 Å². The maximum absolute atomic E-state index is 13.4. The maximum Gasteiger partial charge on any atom is 0.262 e. The number of imidazole rings is 1. The number of hydrogen-bond acceptors (Lipinski definition) is 4. The molecule has 6 nitrogen and oxygen atoms in total. The van der Waals surface area contributed by atoms with Crippen LogP contribution in [0.3, 0.4) is 0 Å². The monoisotopic (exact) mass is 388 g/mol. The predicted octanol–water partition coefficient (Wildman–Crippen LogP) is 2.45. The van der Waals surface area contributed by atoms with Gasteiger partial charge in [0, 0.05) is 37.8 Å². The summed E-state index contributed by atoms with van der Waals surface area (Å²) in [6, 6.07) is 10.6. The summed E-state index contributed by atoms with van der Waals surface area (Å²) in [5.41, 5.74) is 1.22. The van der Waals surface area contributed by atoms with Crippen molar-refractivity contribution < 1.29 is 8.42 Å². The SMILES string of the molecule is CN1CCCCC[C@@H]2[C@@H]1[C@H](c1ccccc1)CN2S(=O)(=O)c1cn(C)cn1. The molecule has 0 saturated carbocycles. The summed E-state index contributed by atoms with van der Waals surface area (Å²) in [5, 5.41) is 0.155. The van der Waals surface area contributed by atoms with Crippen LogP contribution >= 0.6 is 0 Å². The van der Waals surface area contributed by atoms with Crippen LogP contribution in [0.1, 0.15) is 37.2 Å². The molecule has 2 aromatic rings. The van der Waals surface area contributed by atoms with Gasteiger partial charge in [-0.15, -0.1) is 0 Å². The summed E-state index contributed by atoms with van der Waals surface area (Å²) in [6.07, 6.45) is 7.47. The van der Waals surface area contributed by atoms with Crippen LogP contribution in [0.25, 0.3) is 0 Å². The largest absolute Gasteiger partial charge is 0.339 e. The Kier molecular flexibility index (Phi) is 5.09. The Hall–Kier alpha value is -1.70. The van der Waals surface area contributed by atoms with E-state index in [1.165, 1.54) is 12.0 Å². The van der Waals surface area contributed by atoms with Crippen LogP contribution in [-0.4, -0.2) is 59.4 Å². The Morgan fingerprint density at radius 1 is 1.07 bits per heavy atom. The number of likely N-dealkylation sites (tertiary alicyclic amines) is 1. The average Bonchev–Trinajstić information content (AvgIpc) is 3.25. The third-order valence-electron chi connectivity index (χ3n) is 6.05. The molecule has 0 radical (unpaired) electrons. The van der Waals surface area contributed by atoms with Gasteiger partial charge in [0.15, 0.2) is 5.03 Å². The van der Waals surface area contributed by atoms with Crippen molar-refractivity contribution in [2.24, 2.45) is 7.05 Å². The molecule has 146 valence electrons. The summed E-state index contributed by atoms with van der Waals surface area (Å²) >= 11 is 0. The molecule has 1 aromatic heterocycles. The van der Waals surface area contributed by atoms with Crippen molar-refractivity contribution in [1.29, 1.82) is 0 Å². The predicted molar refractivity (Wildman–Crippen MR) is 105 cm³/mol. The van der Waals surface area contributed by atoms with E-state index in [9.17, 15) is 8.42 Å². The van der Waals surface area contributed by atoms with Gasteiger partial charge in [0.05, 0.1) is 6.33 Å². The second kappa shape index (κ2) is 7.37. The van der Waals surface area contributed by atoms with Gasteiger partial charge in [-0.1, -0.05) is 43.2 Å². The summed E-state index contributed by atoms with van der Waals surface area (Å²) in [5.74, 6) is 0.179. The number of fused-ring (bicyclic) bond motifs is 1. The van der Waals surface area contributed by atoms with Crippen molar-refractivity contribution in [3.05, 3.63) is 48.4 Å². The molecule has 0 N–H and O–H groups in total. The number of likely N-dealkylation sites (N-methyl/N-ethyl adjacent to an activating group) is 1. The highest BCUT2D eigenvalue weighted by atomic mass is 32.2. The lowest BCUT2D eigenvalue weighted by Crippen LogP contribution is -2.47. The quantitative estimate of drug-likeness (QED) is 0.810. The van der Waals surface area contributed by atoms with Gasteiger partial charge >= 0.3 is 0 Å². The van der Waals surface area contributed by atoms with Crippen LogP contribution in [0.5, 0.6) is 0 Å². The van der Waals surface area contributed by atoms with E-state index in [0.29, 0.717) is 6.54 Å². The fraction of sp³-hybridized carbons (Fsp3) is 0.550. The van der Waals surface area contributed by atoms with Crippen molar-refractivity contribution >= 4 is 10.0 Å². The molecular formula is C20H28N4O2S. The highest BCUT2D eigenvalue weighted by Crippen LogP contribution is 2.41. The van der Waals surface area contributed by atoms with E-state index in [2.05, 4.69) is 29.1 Å². The molecule has 2 aliphatic heterocycles. The van der Waals surface area contributed by atoms with Crippen LogP contribution < -0.4 is 0 Å². The Morgan fingerprint density at radius 2 is 1.85 bits per heavy atom. The van der Waals surface area contributed by atoms with Crippen LogP contribution in [0.2, 0.25) is 0 Å². The summed E-state index contributed by atoms with van der Waals surface area (Å²) in [7, 11) is 0.343. The third-order valence-corrected chi connectivity index (χ3v) is 7.83. The summed E-state index contributed by atoms with van der Waals surface area (Å²) in [6.45, 7) is 1.53. The number of nitrogens with zero attached hydrogens (tertiary/aromatic N) is 4. The fourth-order valence-corrected chi connectivity index (χ4v) is 6.42. The van der Waals surface area contributed by atoms with Gasteiger partial charge in [0.25, 0.3) is 10.0 Å². The van der Waals surface area contributed by atoms with Gasteiger partial charge in [-0.05, 0) is 32.0 Å². The number of hydrogen-bond donors (Lipinski definition) is 0. The van der Waals surface area contributed by atoms with Crippen LogP contribution in [0.4, 0.5) is 0 Å². The molecule has 3 atom stereocenters. The normalized spacial score (nSPS) is 27.9. The van der Waals surface area contributed by atoms with Crippen molar-refractivity contribution in [3.8, 4) is 0 Å². The zero-order chi connectivity index (χ0) is 19.0. The second-order valence-corrected chi connectivity index (χ2v) is 9.69. The standard InChI is InChI=1S/C20H28N4O2S/c1-22-14-19(21-15-22)27(25,26)24-13-17(16-9-5-3-6-10-16)20-18(24)11-7-4-8-12-23(20)2/h3,5-6,9-10,14-15,17-18,20H,4,7-8,11-13H2,1-2H3/t17-,18+,20-/m0/s1. The first-order chi connectivity index (χ1) is 13.0. The van der Waals surface area contributed by atoms with E-state index in [4.69, 9.17) is 0 Å². The van der Waals surface area contributed by atoms with Crippen LogP contribution in [-0.2, 0) is 17.1 Å². The number of rotatable bonds is 3. The minimum atomic E-state index is -3.61. The van der Waals surface area contributed by atoms with Gasteiger partial charge in [0.1, 0.15) is 0 Å². The van der Waals surface area contributed by atoms with Crippen LogP contribution in [0, 0.1) is 0 Å². The van der Waals surface area contributed by atoms with Gasteiger partial charge in [0.2, 0.25) is 0 Å². The van der Waals surface area contributed by atoms with Crippen molar-refractivity contribution in [2.45, 2.75) is 48.7 Å². The molecule has 2 fully saturated rings. The van der Waals surface area contributed by atoms with Gasteiger partial charge in [-0.2, -0.15) is 4.31 Å². The molecule has 27 heavy (non-hydrogen) atoms. The van der Waals surface area contributed by atoms with E-state index in [0.717, 1.165) is 25.8 Å². The number of benzene rings is 1. The maximum atomic E-state index is 13.4. The van der Waals surface area contributed by atoms with E-state index < -0.39 is 10.0 Å². The summed E-state index contributed by atoms with van der Waals surface area (Å²) in [4.78, 5) is 6.53. The first-order valence-electron chi connectivity index (χ1n) is 9.73. The molecule has 2 saturated heterocycles. The first kappa shape index (κ1) is 18.7. The lowest BCUT2D eigenvalue weighted by Gasteiger charge is -2.36. The number of aryl methyl sites for hydroxylation is 1. The van der Waals surface area contributed by atoms with Gasteiger partial charge in [-0.3, -0.25) is 0 Å². The number of sulfonamides is 1. The molecule has 0 spiro atoms. The van der Waals surface area contributed by atoms with Crippen molar-refractivity contribution in [2.75, 3.05) is 20.1 Å². The Balaban J connectivity index is 1.75. The molecular weight excluding hydrogens is 360 g/mol. The Labute approximate surface area is 161 Å². The zero-order valence-electron chi connectivity index (χ0n) is 16.0. The van der Waals surface area contributed by atoms with Gasteiger partial charge in [-0.25, -0.2) is 13.4 Å². The third kappa shape index (κ3) is 3.44. The molecule has 0 amide bonds. The molecule has 3 heterocycles. The highest BCUT2D eigenvalue weighted by molar-refractivity contribution is 7.89. The molecule has 2 aliphatic rings. The molecule has 0 aliphatic carbocycles. The van der Waals surface area contributed by atoms with Crippen LogP contribution in [0.15, 0.2) is 47.9 Å². The minimum Gasteiger partial charge on any atom is -0.339 e. The molecule has 0 bridgehead atoms. The minimum absolute atomic E-state index is 0.00693. The molecule has 0 unspecified atom stereocenters. The smallest absolute Gasteiger partial charge is 0.262 e. The molecule has 7 heteroatoms. The number of aromatic nitrogens is 2. The van der Waals surface area contributed by atoms with E-state index in [1.54, 1.807) is 28.4 Å². The lowest BCUT2D eigenvalue weighted by atomic mass is 9.87. The topological polar surface area (TPSA) is 58.4 Å². The zero-order valence-corrected chi connectivity index (χ0v) is 16.8. The fourth-order valence-electron chi connectivity index (χ4n) is 4.75. The average molecular weight is 389 g/mol. The Bertz CT molecular complexity index is 880. The Morgan fingerprint density at radius 3 is 2.56 bits per heavy atom. The first-order valence-corrected chi connectivity index (χ1v) is 11.2.